The maximum absolute atomic E-state index is 12.4. The van der Waals surface area contributed by atoms with Crippen molar-refractivity contribution in [3.8, 4) is 0 Å². The fourth-order valence-corrected chi connectivity index (χ4v) is 3.36. The van der Waals surface area contributed by atoms with Gasteiger partial charge in [0.15, 0.2) is 6.61 Å². The number of urea groups is 1. The minimum absolute atomic E-state index is 0.0701. The number of carbonyl (C=O) groups is 3. The molecule has 1 aromatic rings. The fraction of sp³-hybridized carbons (Fsp3) is 0.438. The highest BCUT2D eigenvalue weighted by molar-refractivity contribution is 7.89. The quantitative estimate of drug-likeness (QED) is 0.539. The maximum Gasteiger partial charge on any atom is 0.324 e. The highest BCUT2D eigenvalue weighted by Gasteiger charge is 2.30. The van der Waals surface area contributed by atoms with Crippen molar-refractivity contribution in [1.29, 1.82) is 0 Å². The first-order valence-corrected chi connectivity index (χ1v) is 9.95. The predicted octanol–water partition coefficient (Wildman–Crippen LogP) is 1.03. The summed E-state index contributed by atoms with van der Waals surface area (Å²) < 4.78 is 31.9. The van der Waals surface area contributed by atoms with Gasteiger partial charge in [0.05, 0.1) is 4.90 Å². The molecular formula is C16H22ClN3O6S. The van der Waals surface area contributed by atoms with Crippen LogP contribution < -0.4 is 15.4 Å². The van der Waals surface area contributed by atoms with E-state index in [1.54, 1.807) is 20.8 Å². The Bertz CT molecular complexity index is 780. The van der Waals surface area contributed by atoms with Gasteiger partial charge in [0, 0.05) is 11.6 Å². The Morgan fingerprint density at radius 2 is 1.74 bits per heavy atom. The van der Waals surface area contributed by atoms with Crippen LogP contribution in [0.15, 0.2) is 29.2 Å². The third-order valence-corrected chi connectivity index (χ3v) is 4.97. The second-order valence-electron chi connectivity index (χ2n) is 5.81. The smallest absolute Gasteiger partial charge is 0.324 e. The van der Waals surface area contributed by atoms with Crippen molar-refractivity contribution in [3.05, 3.63) is 29.3 Å². The predicted molar refractivity (Wildman–Crippen MR) is 98.6 cm³/mol. The fourth-order valence-electron chi connectivity index (χ4n) is 1.90. The molecule has 0 spiro atoms. The van der Waals surface area contributed by atoms with Crippen molar-refractivity contribution in [2.45, 2.75) is 31.7 Å². The Morgan fingerprint density at radius 3 is 2.26 bits per heavy atom. The van der Waals surface area contributed by atoms with E-state index in [1.807, 2.05) is 5.32 Å². The number of esters is 1. The van der Waals surface area contributed by atoms with Gasteiger partial charge in [0.2, 0.25) is 10.0 Å². The Balaban J connectivity index is 2.74. The molecule has 0 unspecified atom stereocenters. The van der Waals surface area contributed by atoms with Crippen molar-refractivity contribution in [2.75, 3.05) is 13.2 Å². The number of nitrogens with one attached hydrogen (secondary N) is 3. The van der Waals surface area contributed by atoms with Crippen LogP contribution in [0.25, 0.3) is 0 Å². The SMILES string of the molecule is CCNC(=O)NC(=O)COC(=O)[C@H](NS(=O)(=O)c1ccc(Cl)cc1)C(C)C. The number of hydrogen-bond acceptors (Lipinski definition) is 6. The largest absolute Gasteiger partial charge is 0.454 e. The zero-order valence-corrected chi connectivity index (χ0v) is 16.7. The third kappa shape index (κ3) is 7.53. The van der Waals surface area contributed by atoms with Gasteiger partial charge in [-0.2, -0.15) is 4.72 Å². The molecule has 0 aliphatic carbocycles. The molecule has 9 nitrogen and oxygen atoms in total. The lowest BCUT2D eigenvalue weighted by Crippen LogP contribution is -2.47. The number of amides is 3. The number of hydrogen-bond donors (Lipinski definition) is 3. The van der Waals surface area contributed by atoms with E-state index in [0.29, 0.717) is 11.6 Å². The molecule has 0 aliphatic rings. The van der Waals surface area contributed by atoms with Gasteiger partial charge >= 0.3 is 12.0 Å². The van der Waals surface area contributed by atoms with E-state index in [-0.39, 0.29) is 4.90 Å². The molecule has 150 valence electrons. The van der Waals surface area contributed by atoms with Crippen LogP contribution in [0, 0.1) is 5.92 Å². The minimum atomic E-state index is -4.01. The zero-order chi connectivity index (χ0) is 20.6. The summed E-state index contributed by atoms with van der Waals surface area (Å²) >= 11 is 5.74. The number of imide groups is 1. The number of ether oxygens (including phenoxy) is 1. The average Bonchev–Trinajstić information content (AvgIpc) is 2.58. The molecule has 27 heavy (non-hydrogen) atoms. The molecule has 11 heteroatoms. The summed E-state index contributed by atoms with van der Waals surface area (Å²) in [7, 11) is -4.01. The van der Waals surface area contributed by atoms with Crippen LogP contribution in [0.1, 0.15) is 20.8 Å². The van der Waals surface area contributed by atoms with Crippen molar-refractivity contribution < 1.29 is 27.5 Å². The van der Waals surface area contributed by atoms with Crippen LogP contribution in [-0.2, 0) is 24.3 Å². The summed E-state index contributed by atoms with van der Waals surface area (Å²) in [6.07, 6.45) is 0. The summed E-state index contributed by atoms with van der Waals surface area (Å²) in [6, 6.07) is 3.47. The van der Waals surface area contributed by atoms with Crippen LogP contribution in [0.5, 0.6) is 0 Å². The van der Waals surface area contributed by atoms with Gasteiger partial charge in [-0.1, -0.05) is 25.4 Å². The molecule has 3 amide bonds. The van der Waals surface area contributed by atoms with Crippen LogP contribution in [-0.4, -0.2) is 45.5 Å². The van der Waals surface area contributed by atoms with E-state index in [1.165, 1.54) is 24.3 Å². The van der Waals surface area contributed by atoms with Crippen molar-refractivity contribution in [3.63, 3.8) is 0 Å². The van der Waals surface area contributed by atoms with Gasteiger partial charge in [-0.25, -0.2) is 13.2 Å². The molecule has 1 rings (SSSR count). The molecule has 0 radical (unpaired) electrons. The van der Waals surface area contributed by atoms with Gasteiger partial charge in [-0.15, -0.1) is 0 Å². The first-order valence-electron chi connectivity index (χ1n) is 8.09. The Morgan fingerprint density at radius 1 is 1.15 bits per heavy atom. The topological polar surface area (TPSA) is 131 Å². The molecule has 1 atom stereocenters. The number of sulfonamides is 1. The summed E-state index contributed by atoms with van der Waals surface area (Å²) in [5.41, 5.74) is 0. The molecule has 0 bridgehead atoms. The first-order chi connectivity index (χ1) is 12.6. The van der Waals surface area contributed by atoms with E-state index < -0.39 is 46.5 Å². The second kappa shape index (κ2) is 10.2. The van der Waals surface area contributed by atoms with Gasteiger partial charge in [-0.3, -0.25) is 14.9 Å². The molecule has 1 aromatic carbocycles. The Labute approximate surface area is 162 Å². The molecule has 0 saturated carbocycles. The minimum Gasteiger partial charge on any atom is -0.454 e. The maximum atomic E-state index is 12.4. The van der Waals surface area contributed by atoms with Gasteiger partial charge in [0.1, 0.15) is 6.04 Å². The lowest BCUT2D eigenvalue weighted by Gasteiger charge is -2.20. The average molecular weight is 420 g/mol. The van der Waals surface area contributed by atoms with Crippen molar-refractivity contribution in [2.24, 2.45) is 5.92 Å². The van der Waals surface area contributed by atoms with E-state index in [0.717, 1.165) is 0 Å². The van der Waals surface area contributed by atoms with Gasteiger partial charge in [0.25, 0.3) is 5.91 Å². The lowest BCUT2D eigenvalue weighted by atomic mass is 10.1. The molecule has 3 N–H and O–H groups in total. The number of benzene rings is 1. The van der Waals surface area contributed by atoms with Crippen molar-refractivity contribution >= 4 is 39.5 Å². The van der Waals surface area contributed by atoms with E-state index in [4.69, 9.17) is 16.3 Å². The Kier molecular flexibility index (Phi) is 8.67. The van der Waals surface area contributed by atoms with Crippen LogP contribution in [0.4, 0.5) is 4.79 Å². The highest BCUT2D eigenvalue weighted by Crippen LogP contribution is 2.16. The zero-order valence-electron chi connectivity index (χ0n) is 15.1. The van der Waals surface area contributed by atoms with Crippen LogP contribution in [0.3, 0.4) is 0 Å². The molecule has 0 saturated heterocycles. The summed E-state index contributed by atoms with van der Waals surface area (Å²) in [5, 5.41) is 4.68. The number of halogens is 1. The lowest BCUT2D eigenvalue weighted by molar-refractivity contribution is -0.150. The number of rotatable bonds is 8. The monoisotopic (exact) mass is 419 g/mol. The Hall–Kier alpha value is -2.17. The summed E-state index contributed by atoms with van der Waals surface area (Å²) in [6.45, 7) is 4.50. The van der Waals surface area contributed by atoms with Gasteiger partial charge < -0.3 is 10.1 Å². The van der Waals surface area contributed by atoms with E-state index in [9.17, 15) is 22.8 Å². The molecule has 0 heterocycles. The summed E-state index contributed by atoms with van der Waals surface area (Å²) in [4.78, 5) is 34.9. The van der Waals surface area contributed by atoms with Crippen LogP contribution >= 0.6 is 11.6 Å². The van der Waals surface area contributed by atoms with E-state index >= 15 is 0 Å². The summed E-state index contributed by atoms with van der Waals surface area (Å²) in [5.74, 6) is -2.23. The first kappa shape index (κ1) is 22.9. The normalized spacial score (nSPS) is 12.3. The highest BCUT2D eigenvalue weighted by atomic mass is 35.5. The standard InChI is InChI=1S/C16H22ClN3O6S/c1-4-18-16(23)19-13(21)9-26-15(22)14(10(2)3)20-27(24,25)12-7-5-11(17)6-8-12/h5-8,10,14,20H,4,9H2,1-3H3,(H2,18,19,21,23)/t14-/m1/s1. The van der Waals surface area contributed by atoms with Crippen molar-refractivity contribution in [1.82, 2.24) is 15.4 Å². The molecule has 0 aromatic heterocycles. The number of carbonyl (C=O) groups excluding carboxylic acids is 3. The molecule has 0 aliphatic heterocycles. The third-order valence-electron chi connectivity index (χ3n) is 3.26. The second-order valence-corrected chi connectivity index (χ2v) is 7.96. The van der Waals surface area contributed by atoms with Crippen LogP contribution in [0.2, 0.25) is 5.02 Å². The molecule has 0 fully saturated rings. The van der Waals surface area contributed by atoms with Gasteiger partial charge in [-0.05, 0) is 37.1 Å². The van der Waals surface area contributed by atoms with E-state index in [2.05, 4.69) is 10.0 Å². The molecular weight excluding hydrogens is 398 g/mol.